The van der Waals surface area contributed by atoms with E-state index in [1.54, 1.807) is 6.33 Å². The highest BCUT2D eigenvalue weighted by atomic mass is 127. The van der Waals surface area contributed by atoms with Gasteiger partial charge in [0.15, 0.2) is 11.8 Å². The Morgan fingerprint density at radius 1 is 1.38 bits per heavy atom. The van der Waals surface area contributed by atoms with Crippen LogP contribution >= 0.6 is 24.0 Å². The maximum Gasteiger partial charge on any atom is 0.193 e. The second-order valence-corrected chi connectivity index (χ2v) is 4.41. The van der Waals surface area contributed by atoms with E-state index in [4.69, 9.17) is 5.73 Å². The number of nitrogens with zero attached hydrogens (tertiary/aromatic N) is 4. The Hall–Kier alpha value is -1.64. The van der Waals surface area contributed by atoms with Gasteiger partial charge in [-0.05, 0) is 31.0 Å². The molecule has 2 rings (SSSR count). The molecule has 0 aliphatic heterocycles. The molecule has 114 valence electrons. The van der Waals surface area contributed by atoms with Gasteiger partial charge in [0, 0.05) is 12.2 Å². The Bertz CT molecular complexity index is 593. The average molecular weight is 400 g/mol. The van der Waals surface area contributed by atoms with Gasteiger partial charge < -0.3 is 15.6 Å². The molecular weight excluding hydrogens is 379 g/mol. The fraction of sp³-hybridized carbons (Fsp3) is 0.357. The summed E-state index contributed by atoms with van der Waals surface area (Å²) in [6.45, 7) is 5.40. The number of benzene rings is 1. The highest BCUT2D eigenvalue weighted by Crippen LogP contribution is 2.10. The minimum absolute atomic E-state index is 0. The highest BCUT2D eigenvalue weighted by Gasteiger charge is 2.02. The molecule has 2 aromatic rings. The first-order valence-electron chi connectivity index (χ1n) is 6.75. The molecule has 0 saturated carbocycles. The fourth-order valence-corrected chi connectivity index (χ4v) is 1.88. The number of hydrogen-bond acceptors (Lipinski definition) is 3. The first-order chi connectivity index (χ1) is 9.72. The zero-order chi connectivity index (χ0) is 14.4. The zero-order valence-corrected chi connectivity index (χ0v) is 14.6. The molecular formula is C14H21IN6. The smallest absolute Gasteiger partial charge is 0.193 e. The van der Waals surface area contributed by atoms with Crippen molar-refractivity contribution in [2.45, 2.75) is 33.4 Å². The summed E-state index contributed by atoms with van der Waals surface area (Å²) in [4.78, 5) is 4.29. The quantitative estimate of drug-likeness (QED) is 0.459. The molecule has 0 radical (unpaired) electrons. The number of nitrogens with one attached hydrogen (secondary N) is 1. The summed E-state index contributed by atoms with van der Waals surface area (Å²) in [6, 6.07) is 8.12. The Morgan fingerprint density at radius 3 is 2.90 bits per heavy atom. The van der Waals surface area contributed by atoms with Gasteiger partial charge in [0.05, 0.1) is 0 Å². The van der Waals surface area contributed by atoms with Gasteiger partial charge in [-0.15, -0.1) is 34.2 Å². The Morgan fingerprint density at radius 2 is 2.19 bits per heavy atom. The van der Waals surface area contributed by atoms with Crippen molar-refractivity contribution in [3.05, 3.63) is 42.0 Å². The summed E-state index contributed by atoms with van der Waals surface area (Å²) in [5.41, 5.74) is 8.09. The lowest BCUT2D eigenvalue weighted by molar-refractivity contribution is 0.699. The molecule has 21 heavy (non-hydrogen) atoms. The van der Waals surface area contributed by atoms with E-state index in [1.165, 1.54) is 5.56 Å². The Labute approximate surface area is 141 Å². The Balaban J connectivity index is 0.00000220. The molecule has 1 aromatic heterocycles. The lowest BCUT2D eigenvalue weighted by Crippen LogP contribution is -2.23. The van der Waals surface area contributed by atoms with Crippen LogP contribution in [0.5, 0.6) is 0 Å². The van der Waals surface area contributed by atoms with Gasteiger partial charge in [-0.25, -0.2) is 4.99 Å². The lowest BCUT2D eigenvalue weighted by Gasteiger charge is -2.07. The van der Waals surface area contributed by atoms with Crippen LogP contribution in [-0.4, -0.2) is 20.7 Å². The van der Waals surface area contributed by atoms with Crippen LogP contribution in [0.25, 0.3) is 0 Å². The summed E-state index contributed by atoms with van der Waals surface area (Å²) in [5.74, 6) is 1.18. The molecule has 0 saturated heterocycles. The summed E-state index contributed by atoms with van der Waals surface area (Å²) >= 11 is 0. The van der Waals surface area contributed by atoms with E-state index in [9.17, 15) is 0 Å². The fourth-order valence-electron chi connectivity index (χ4n) is 1.88. The van der Waals surface area contributed by atoms with Gasteiger partial charge in [-0.2, -0.15) is 0 Å². The van der Waals surface area contributed by atoms with E-state index in [2.05, 4.69) is 39.6 Å². The van der Waals surface area contributed by atoms with Crippen molar-refractivity contribution >= 4 is 35.6 Å². The molecule has 0 amide bonds. The third-order valence-electron chi connectivity index (χ3n) is 3.03. The SMILES string of the molecule is CCc1cccc(NC(N)=NCc2nncn2CC)c1.I. The molecule has 3 N–H and O–H groups in total. The van der Waals surface area contributed by atoms with Gasteiger partial charge in [0.2, 0.25) is 0 Å². The predicted octanol–water partition coefficient (Wildman–Crippen LogP) is 2.41. The molecule has 7 heteroatoms. The van der Waals surface area contributed by atoms with Crippen molar-refractivity contribution < 1.29 is 0 Å². The van der Waals surface area contributed by atoms with Crippen molar-refractivity contribution in [2.75, 3.05) is 5.32 Å². The summed E-state index contributed by atoms with van der Waals surface area (Å²) in [5, 5.41) is 11.0. The van der Waals surface area contributed by atoms with E-state index >= 15 is 0 Å². The molecule has 0 bridgehead atoms. The van der Waals surface area contributed by atoms with Crippen LogP contribution in [0.15, 0.2) is 35.6 Å². The van der Waals surface area contributed by atoms with Crippen LogP contribution in [-0.2, 0) is 19.5 Å². The summed E-state index contributed by atoms with van der Waals surface area (Å²) in [7, 11) is 0. The number of guanidine groups is 1. The van der Waals surface area contributed by atoms with Gasteiger partial charge in [-0.3, -0.25) is 0 Å². The van der Waals surface area contributed by atoms with E-state index < -0.39 is 0 Å². The third kappa shape index (κ3) is 5.00. The topological polar surface area (TPSA) is 81.1 Å². The largest absolute Gasteiger partial charge is 0.370 e. The number of hydrogen-bond donors (Lipinski definition) is 2. The first kappa shape index (κ1) is 17.4. The number of aliphatic imine (C=N–C) groups is 1. The number of anilines is 1. The lowest BCUT2D eigenvalue weighted by atomic mass is 10.1. The van der Waals surface area contributed by atoms with Gasteiger partial charge >= 0.3 is 0 Å². The van der Waals surface area contributed by atoms with Crippen LogP contribution in [0.1, 0.15) is 25.2 Å². The predicted molar refractivity (Wildman–Crippen MR) is 95.9 cm³/mol. The Kier molecular flexibility index (Phi) is 7.13. The molecule has 1 heterocycles. The molecule has 1 aromatic carbocycles. The molecule has 0 aliphatic rings. The number of aryl methyl sites for hydroxylation is 2. The maximum atomic E-state index is 5.89. The van der Waals surface area contributed by atoms with Crippen LogP contribution in [0.2, 0.25) is 0 Å². The van der Waals surface area contributed by atoms with E-state index in [0.29, 0.717) is 12.5 Å². The van der Waals surface area contributed by atoms with Crippen molar-refractivity contribution in [2.24, 2.45) is 10.7 Å². The molecule has 6 nitrogen and oxygen atoms in total. The van der Waals surface area contributed by atoms with Crippen molar-refractivity contribution in [3.8, 4) is 0 Å². The average Bonchev–Trinajstić information content (AvgIpc) is 2.93. The first-order valence-corrected chi connectivity index (χ1v) is 6.75. The molecule has 0 atom stereocenters. The van der Waals surface area contributed by atoms with Crippen LogP contribution in [0.4, 0.5) is 5.69 Å². The number of aromatic nitrogens is 3. The molecule has 0 fully saturated rings. The van der Waals surface area contributed by atoms with Gasteiger partial charge in [-0.1, -0.05) is 19.1 Å². The zero-order valence-electron chi connectivity index (χ0n) is 12.3. The van der Waals surface area contributed by atoms with Crippen LogP contribution in [0, 0.1) is 0 Å². The maximum absolute atomic E-state index is 5.89. The van der Waals surface area contributed by atoms with Gasteiger partial charge in [0.25, 0.3) is 0 Å². The van der Waals surface area contributed by atoms with Crippen molar-refractivity contribution in [3.63, 3.8) is 0 Å². The van der Waals surface area contributed by atoms with Gasteiger partial charge in [0.1, 0.15) is 12.9 Å². The number of halogens is 1. The van der Waals surface area contributed by atoms with Crippen molar-refractivity contribution in [1.29, 1.82) is 0 Å². The van der Waals surface area contributed by atoms with Crippen LogP contribution in [0.3, 0.4) is 0 Å². The molecule has 0 spiro atoms. The minimum Gasteiger partial charge on any atom is -0.370 e. The normalized spacial score (nSPS) is 11.0. The molecule has 0 aliphatic carbocycles. The van der Waals surface area contributed by atoms with E-state index in [0.717, 1.165) is 24.5 Å². The standard InChI is InChI=1S/C14H20N6.HI/c1-3-11-6-5-7-12(8-11)18-14(15)16-9-13-19-17-10-20(13)4-2;/h5-8,10H,3-4,9H2,1-2H3,(H3,15,16,18);1H. The van der Waals surface area contributed by atoms with E-state index in [1.807, 2.05) is 23.6 Å². The number of rotatable bonds is 5. The summed E-state index contributed by atoms with van der Waals surface area (Å²) in [6.07, 6.45) is 2.69. The third-order valence-corrected chi connectivity index (χ3v) is 3.03. The van der Waals surface area contributed by atoms with Crippen molar-refractivity contribution in [1.82, 2.24) is 14.8 Å². The summed E-state index contributed by atoms with van der Waals surface area (Å²) < 4.78 is 1.94. The second kappa shape index (κ2) is 8.60. The second-order valence-electron chi connectivity index (χ2n) is 4.41. The minimum atomic E-state index is 0. The van der Waals surface area contributed by atoms with E-state index in [-0.39, 0.29) is 24.0 Å². The highest BCUT2D eigenvalue weighted by molar-refractivity contribution is 14.0. The monoisotopic (exact) mass is 400 g/mol. The van der Waals surface area contributed by atoms with Crippen LogP contribution < -0.4 is 11.1 Å². The molecule has 0 unspecified atom stereocenters. The number of nitrogens with two attached hydrogens (primary N) is 1.